The number of nitrogens with zero attached hydrogens (tertiary/aromatic N) is 2. The van der Waals surface area contributed by atoms with Crippen LogP contribution in [-0.2, 0) is 0 Å². The van der Waals surface area contributed by atoms with E-state index in [0.29, 0.717) is 17.5 Å². The molecule has 1 atom stereocenters. The van der Waals surface area contributed by atoms with Crippen LogP contribution in [0, 0.1) is 0 Å². The van der Waals surface area contributed by atoms with Gasteiger partial charge in [0.15, 0.2) is 0 Å². The molecule has 0 saturated heterocycles. The molecule has 0 bridgehead atoms. The standard InChI is InChI=1S/C13H17N5O2/c1-3-15-8(2)12-17-18-13(20-12)16-10-6-4-9(5-7-10)11(14)19/h4-8,15H,3H2,1-2H3,(H2,14,19)(H,16,18). The highest BCUT2D eigenvalue weighted by Gasteiger charge is 2.12. The number of benzene rings is 1. The molecule has 0 radical (unpaired) electrons. The fourth-order valence-corrected chi connectivity index (χ4v) is 1.69. The molecule has 1 aromatic heterocycles. The lowest BCUT2D eigenvalue weighted by Gasteiger charge is -2.06. The SMILES string of the molecule is CCNC(C)c1nnc(Nc2ccc(C(N)=O)cc2)o1. The van der Waals surface area contributed by atoms with E-state index < -0.39 is 5.91 Å². The van der Waals surface area contributed by atoms with Crippen LogP contribution in [0.5, 0.6) is 0 Å². The summed E-state index contributed by atoms with van der Waals surface area (Å²) >= 11 is 0. The summed E-state index contributed by atoms with van der Waals surface area (Å²) in [5.41, 5.74) is 6.36. The number of nitrogens with two attached hydrogens (primary N) is 1. The number of hydrogen-bond donors (Lipinski definition) is 3. The zero-order valence-electron chi connectivity index (χ0n) is 11.4. The first-order valence-corrected chi connectivity index (χ1v) is 6.33. The Morgan fingerprint density at radius 3 is 2.65 bits per heavy atom. The lowest BCUT2D eigenvalue weighted by molar-refractivity contribution is 0.100. The van der Waals surface area contributed by atoms with E-state index in [2.05, 4.69) is 20.8 Å². The monoisotopic (exact) mass is 275 g/mol. The van der Waals surface area contributed by atoms with Crippen LogP contribution in [-0.4, -0.2) is 22.6 Å². The Morgan fingerprint density at radius 2 is 2.05 bits per heavy atom. The molecule has 0 aliphatic rings. The lowest BCUT2D eigenvalue weighted by Crippen LogP contribution is -2.17. The Labute approximate surface area is 116 Å². The fourth-order valence-electron chi connectivity index (χ4n) is 1.69. The third-order valence-corrected chi connectivity index (χ3v) is 2.74. The second-order valence-corrected chi connectivity index (χ2v) is 4.29. The third kappa shape index (κ3) is 3.33. The van der Waals surface area contributed by atoms with Gasteiger partial charge in [0.1, 0.15) is 0 Å². The molecular formula is C13H17N5O2. The molecule has 0 fully saturated rings. The highest BCUT2D eigenvalue weighted by Crippen LogP contribution is 2.18. The van der Waals surface area contributed by atoms with Crippen LogP contribution in [0.1, 0.15) is 36.1 Å². The van der Waals surface area contributed by atoms with Gasteiger partial charge in [-0.2, -0.15) is 0 Å². The van der Waals surface area contributed by atoms with Crippen molar-refractivity contribution in [1.29, 1.82) is 0 Å². The molecule has 0 spiro atoms. The maximum absolute atomic E-state index is 11.0. The maximum atomic E-state index is 11.0. The number of nitrogens with one attached hydrogen (secondary N) is 2. The molecular weight excluding hydrogens is 258 g/mol. The van der Waals surface area contributed by atoms with Gasteiger partial charge in [0.05, 0.1) is 6.04 Å². The first kappa shape index (κ1) is 14.0. The number of carbonyl (C=O) groups is 1. The van der Waals surface area contributed by atoms with E-state index in [1.807, 2.05) is 13.8 Å². The molecule has 0 saturated carbocycles. The maximum Gasteiger partial charge on any atom is 0.320 e. The van der Waals surface area contributed by atoms with Gasteiger partial charge in [0.25, 0.3) is 0 Å². The topological polar surface area (TPSA) is 106 Å². The van der Waals surface area contributed by atoms with Gasteiger partial charge in [-0.15, -0.1) is 5.10 Å². The number of aromatic nitrogens is 2. The van der Waals surface area contributed by atoms with E-state index in [1.54, 1.807) is 24.3 Å². The van der Waals surface area contributed by atoms with Crippen molar-refractivity contribution in [3.8, 4) is 0 Å². The van der Waals surface area contributed by atoms with Crippen LogP contribution < -0.4 is 16.4 Å². The lowest BCUT2D eigenvalue weighted by atomic mass is 10.2. The van der Waals surface area contributed by atoms with Crippen molar-refractivity contribution < 1.29 is 9.21 Å². The first-order valence-electron chi connectivity index (χ1n) is 6.33. The number of anilines is 2. The van der Waals surface area contributed by atoms with Gasteiger partial charge < -0.3 is 20.8 Å². The van der Waals surface area contributed by atoms with Gasteiger partial charge in [-0.1, -0.05) is 12.0 Å². The predicted octanol–water partition coefficient (Wildman–Crippen LogP) is 1.58. The average molecular weight is 275 g/mol. The molecule has 20 heavy (non-hydrogen) atoms. The quantitative estimate of drug-likeness (QED) is 0.739. The van der Waals surface area contributed by atoms with Crippen LogP contribution in [0.25, 0.3) is 0 Å². The van der Waals surface area contributed by atoms with Crippen molar-refractivity contribution in [1.82, 2.24) is 15.5 Å². The van der Waals surface area contributed by atoms with Gasteiger partial charge in [-0.3, -0.25) is 4.79 Å². The Morgan fingerprint density at radius 1 is 1.35 bits per heavy atom. The summed E-state index contributed by atoms with van der Waals surface area (Å²) in [6.07, 6.45) is 0. The Kier molecular flexibility index (Phi) is 4.31. The minimum Gasteiger partial charge on any atom is -0.406 e. The first-order chi connectivity index (χ1) is 9.60. The normalized spacial score (nSPS) is 12.1. The number of primary amides is 1. The number of carbonyl (C=O) groups excluding carboxylic acids is 1. The van der Waals surface area contributed by atoms with Crippen LogP contribution >= 0.6 is 0 Å². The Hall–Kier alpha value is -2.41. The zero-order chi connectivity index (χ0) is 14.5. The van der Waals surface area contributed by atoms with Crippen LogP contribution in [0.3, 0.4) is 0 Å². The summed E-state index contributed by atoms with van der Waals surface area (Å²) in [5.74, 6) is 0.0548. The number of amides is 1. The van der Waals surface area contributed by atoms with E-state index in [1.165, 1.54) is 0 Å². The highest BCUT2D eigenvalue weighted by atomic mass is 16.4. The highest BCUT2D eigenvalue weighted by molar-refractivity contribution is 5.93. The molecule has 1 unspecified atom stereocenters. The minimum absolute atomic E-state index is 0.000266. The summed E-state index contributed by atoms with van der Waals surface area (Å²) in [4.78, 5) is 11.0. The van der Waals surface area contributed by atoms with E-state index in [0.717, 1.165) is 12.2 Å². The fraction of sp³-hybridized carbons (Fsp3) is 0.308. The van der Waals surface area contributed by atoms with Crippen LogP contribution in [0.4, 0.5) is 11.7 Å². The summed E-state index contributed by atoms with van der Waals surface area (Å²) in [5, 5.41) is 14.0. The van der Waals surface area contributed by atoms with Gasteiger partial charge in [-0.05, 0) is 37.7 Å². The number of hydrogen-bond acceptors (Lipinski definition) is 6. The van der Waals surface area contributed by atoms with Crippen LogP contribution in [0.2, 0.25) is 0 Å². The zero-order valence-corrected chi connectivity index (χ0v) is 11.4. The van der Waals surface area contributed by atoms with Crippen molar-refractivity contribution in [2.24, 2.45) is 5.73 Å². The number of rotatable bonds is 6. The summed E-state index contributed by atoms with van der Waals surface area (Å²) < 4.78 is 5.49. The summed E-state index contributed by atoms with van der Waals surface area (Å²) in [7, 11) is 0. The minimum atomic E-state index is -0.462. The van der Waals surface area contributed by atoms with Gasteiger partial charge in [0.2, 0.25) is 11.8 Å². The van der Waals surface area contributed by atoms with Crippen molar-refractivity contribution in [3.63, 3.8) is 0 Å². The summed E-state index contributed by atoms with van der Waals surface area (Å²) in [6.45, 7) is 4.77. The molecule has 1 aromatic carbocycles. The molecule has 106 valence electrons. The average Bonchev–Trinajstić information content (AvgIpc) is 2.88. The smallest absolute Gasteiger partial charge is 0.320 e. The predicted molar refractivity (Wildman–Crippen MR) is 74.6 cm³/mol. The van der Waals surface area contributed by atoms with E-state index in [9.17, 15) is 4.79 Å². The van der Waals surface area contributed by atoms with E-state index >= 15 is 0 Å². The molecule has 4 N–H and O–H groups in total. The van der Waals surface area contributed by atoms with Gasteiger partial charge in [-0.25, -0.2) is 0 Å². The van der Waals surface area contributed by atoms with Crippen molar-refractivity contribution >= 4 is 17.6 Å². The molecule has 0 aliphatic carbocycles. The summed E-state index contributed by atoms with van der Waals surface area (Å²) in [6, 6.07) is 7.00. The Bertz CT molecular complexity index is 579. The van der Waals surface area contributed by atoms with Crippen molar-refractivity contribution in [3.05, 3.63) is 35.7 Å². The van der Waals surface area contributed by atoms with Gasteiger partial charge >= 0.3 is 6.01 Å². The largest absolute Gasteiger partial charge is 0.406 e. The third-order valence-electron chi connectivity index (χ3n) is 2.74. The Balaban J connectivity index is 2.04. The second-order valence-electron chi connectivity index (χ2n) is 4.29. The van der Waals surface area contributed by atoms with Crippen molar-refractivity contribution in [2.45, 2.75) is 19.9 Å². The molecule has 7 nitrogen and oxygen atoms in total. The molecule has 0 aliphatic heterocycles. The van der Waals surface area contributed by atoms with E-state index in [4.69, 9.17) is 10.2 Å². The molecule has 1 heterocycles. The molecule has 2 aromatic rings. The molecule has 1 amide bonds. The van der Waals surface area contributed by atoms with Crippen molar-refractivity contribution in [2.75, 3.05) is 11.9 Å². The molecule has 2 rings (SSSR count). The van der Waals surface area contributed by atoms with Gasteiger partial charge in [0, 0.05) is 11.3 Å². The second kappa shape index (κ2) is 6.16. The van der Waals surface area contributed by atoms with E-state index in [-0.39, 0.29) is 6.04 Å². The molecule has 7 heteroatoms. The van der Waals surface area contributed by atoms with Crippen LogP contribution in [0.15, 0.2) is 28.7 Å².